The summed E-state index contributed by atoms with van der Waals surface area (Å²) in [6, 6.07) is 0. The number of halogens is 1. The predicted molar refractivity (Wildman–Crippen MR) is 99.1 cm³/mol. The van der Waals surface area contributed by atoms with Crippen molar-refractivity contribution in [3.63, 3.8) is 0 Å². The Kier molecular flexibility index (Phi) is 3.98. The summed E-state index contributed by atoms with van der Waals surface area (Å²) in [7, 11) is 0. The molecule has 0 radical (unpaired) electrons. The second-order valence-electron chi connectivity index (χ2n) is 9.11. The maximum Gasteiger partial charge on any atom is 0.194 e. The Hall–Kier alpha value is -1.56. The van der Waals surface area contributed by atoms with Crippen LogP contribution in [0.2, 0.25) is 0 Å². The average molecular weight is 374 g/mol. The van der Waals surface area contributed by atoms with Gasteiger partial charge in [-0.25, -0.2) is 4.39 Å². The van der Waals surface area contributed by atoms with Crippen molar-refractivity contribution in [2.24, 2.45) is 28.6 Å². The van der Waals surface area contributed by atoms with Gasteiger partial charge in [0.15, 0.2) is 11.4 Å². The number of Topliss-reactive ketones (excluding diaryl/α,β-unsaturated/α-hetero) is 1. The maximum absolute atomic E-state index is 15.1. The van der Waals surface area contributed by atoms with E-state index >= 15 is 4.39 Å². The van der Waals surface area contributed by atoms with E-state index in [1.807, 2.05) is 25.2 Å². The third-order valence-electron chi connectivity index (χ3n) is 7.99. The zero-order valence-corrected chi connectivity index (χ0v) is 15.8. The molecular formula is C22H27FO4. The number of carbonyl (C=O) groups is 1. The van der Waals surface area contributed by atoms with E-state index in [1.165, 1.54) is 0 Å². The van der Waals surface area contributed by atoms with Crippen LogP contribution in [0.5, 0.6) is 0 Å². The maximum atomic E-state index is 15.1. The van der Waals surface area contributed by atoms with Crippen LogP contribution in [0.15, 0.2) is 47.9 Å². The van der Waals surface area contributed by atoms with Crippen molar-refractivity contribution < 1.29 is 24.5 Å². The first-order valence-electron chi connectivity index (χ1n) is 9.59. The first-order valence-corrected chi connectivity index (χ1v) is 9.59. The van der Waals surface area contributed by atoms with E-state index in [0.29, 0.717) is 17.6 Å². The fourth-order valence-corrected chi connectivity index (χ4v) is 6.74. The molecular weight excluding hydrogens is 347 g/mol. The van der Waals surface area contributed by atoms with E-state index in [1.54, 1.807) is 13.0 Å². The van der Waals surface area contributed by atoms with Gasteiger partial charge in [0.1, 0.15) is 12.4 Å². The Labute approximate surface area is 158 Å². The van der Waals surface area contributed by atoms with Crippen molar-refractivity contribution in [1.82, 2.24) is 0 Å². The summed E-state index contributed by atoms with van der Waals surface area (Å²) in [6.45, 7) is 6.88. The highest BCUT2D eigenvalue weighted by Crippen LogP contribution is 2.68. The van der Waals surface area contributed by atoms with Gasteiger partial charge in [0, 0.05) is 23.2 Å². The SMILES string of the molecule is C=C1C[C@H]2[C@@H]3CC(F)=C4C=CC=C[C@]4(C)[C@H]3[C@@H](O)C[C@]2(C)[C@@]1(O)C(=O)CO. The topological polar surface area (TPSA) is 77.8 Å². The van der Waals surface area contributed by atoms with E-state index in [-0.39, 0.29) is 36.4 Å². The minimum Gasteiger partial charge on any atom is -0.393 e. The highest BCUT2D eigenvalue weighted by molar-refractivity contribution is 5.93. The Balaban J connectivity index is 1.85. The van der Waals surface area contributed by atoms with Crippen molar-refractivity contribution in [3.05, 3.63) is 47.9 Å². The molecule has 0 amide bonds. The number of aliphatic hydroxyl groups is 3. The normalized spacial score (nSPS) is 48.3. The predicted octanol–water partition coefficient (Wildman–Crippen LogP) is 2.62. The van der Waals surface area contributed by atoms with Crippen LogP contribution in [0.1, 0.15) is 33.1 Å². The second kappa shape index (κ2) is 5.72. The number of carbonyl (C=O) groups excluding carboxylic acids is 1. The number of ketones is 1. The van der Waals surface area contributed by atoms with Gasteiger partial charge in [-0.15, -0.1) is 0 Å². The number of hydrogen-bond donors (Lipinski definition) is 3. The lowest BCUT2D eigenvalue weighted by Crippen LogP contribution is -2.61. The summed E-state index contributed by atoms with van der Waals surface area (Å²) in [5, 5.41) is 31.9. The monoisotopic (exact) mass is 374 g/mol. The molecule has 2 saturated carbocycles. The molecule has 0 unspecified atom stereocenters. The summed E-state index contributed by atoms with van der Waals surface area (Å²) in [5.41, 5.74) is -2.51. The first-order chi connectivity index (χ1) is 12.6. The molecule has 5 heteroatoms. The largest absolute Gasteiger partial charge is 0.393 e. The minimum absolute atomic E-state index is 0.182. The van der Waals surface area contributed by atoms with Gasteiger partial charge in [-0.2, -0.15) is 0 Å². The van der Waals surface area contributed by atoms with E-state index in [9.17, 15) is 20.1 Å². The van der Waals surface area contributed by atoms with E-state index in [2.05, 4.69) is 6.58 Å². The summed E-state index contributed by atoms with van der Waals surface area (Å²) in [4.78, 5) is 12.5. The first kappa shape index (κ1) is 18.8. The lowest BCUT2D eigenvalue weighted by atomic mass is 9.47. The Morgan fingerprint density at radius 2 is 2.04 bits per heavy atom. The molecule has 0 spiro atoms. The van der Waals surface area contributed by atoms with E-state index in [4.69, 9.17) is 0 Å². The number of fused-ring (bicyclic) bond motifs is 5. The molecule has 4 aliphatic carbocycles. The molecule has 7 atom stereocenters. The fourth-order valence-electron chi connectivity index (χ4n) is 6.74. The number of hydrogen-bond acceptors (Lipinski definition) is 4. The highest BCUT2D eigenvalue weighted by atomic mass is 19.1. The van der Waals surface area contributed by atoms with Gasteiger partial charge in [0.2, 0.25) is 0 Å². The molecule has 27 heavy (non-hydrogen) atoms. The third-order valence-corrected chi connectivity index (χ3v) is 7.99. The van der Waals surface area contributed by atoms with Gasteiger partial charge in [0.25, 0.3) is 0 Å². The molecule has 3 N–H and O–H groups in total. The van der Waals surface area contributed by atoms with Crippen LogP contribution in [0.3, 0.4) is 0 Å². The zero-order valence-electron chi connectivity index (χ0n) is 15.8. The molecule has 0 aliphatic heterocycles. The van der Waals surface area contributed by atoms with Crippen molar-refractivity contribution >= 4 is 5.78 Å². The molecule has 4 rings (SSSR count). The Bertz CT molecular complexity index is 811. The molecule has 0 bridgehead atoms. The van der Waals surface area contributed by atoms with Crippen molar-refractivity contribution in [2.75, 3.05) is 6.61 Å². The van der Waals surface area contributed by atoms with Gasteiger partial charge in [-0.05, 0) is 35.8 Å². The van der Waals surface area contributed by atoms with Crippen LogP contribution in [0.25, 0.3) is 0 Å². The summed E-state index contributed by atoms with van der Waals surface area (Å²) >= 11 is 0. The summed E-state index contributed by atoms with van der Waals surface area (Å²) in [6.07, 6.45) is 7.43. The number of rotatable bonds is 2. The van der Waals surface area contributed by atoms with Crippen LogP contribution in [0, 0.1) is 28.6 Å². The van der Waals surface area contributed by atoms with Gasteiger partial charge >= 0.3 is 0 Å². The van der Waals surface area contributed by atoms with E-state index < -0.39 is 34.9 Å². The molecule has 0 heterocycles. The van der Waals surface area contributed by atoms with Crippen molar-refractivity contribution in [1.29, 1.82) is 0 Å². The Morgan fingerprint density at radius 1 is 1.33 bits per heavy atom. The smallest absolute Gasteiger partial charge is 0.194 e. The van der Waals surface area contributed by atoms with Crippen LogP contribution in [0.4, 0.5) is 4.39 Å². The number of aliphatic hydroxyl groups excluding tert-OH is 2. The molecule has 2 fully saturated rings. The highest BCUT2D eigenvalue weighted by Gasteiger charge is 2.69. The van der Waals surface area contributed by atoms with Gasteiger partial charge < -0.3 is 15.3 Å². The lowest BCUT2D eigenvalue weighted by Gasteiger charge is -2.58. The van der Waals surface area contributed by atoms with Crippen molar-refractivity contribution in [2.45, 2.75) is 44.8 Å². The molecule has 0 aromatic rings. The second-order valence-corrected chi connectivity index (χ2v) is 9.11. The van der Waals surface area contributed by atoms with Gasteiger partial charge in [-0.3, -0.25) is 4.79 Å². The lowest BCUT2D eigenvalue weighted by molar-refractivity contribution is -0.171. The number of allylic oxidation sites excluding steroid dienone is 6. The van der Waals surface area contributed by atoms with Crippen LogP contribution in [-0.4, -0.2) is 39.4 Å². The molecule has 0 saturated heterocycles. The quantitative estimate of drug-likeness (QED) is 0.650. The van der Waals surface area contributed by atoms with Gasteiger partial charge in [-0.1, -0.05) is 44.7 Å². The average Bonchev–Trinajstić information content (AvgIpc) is 2.82. The summed E-state index contributed by atoms with van der Waals surface area (Å²) in [5.74, 6) is -1.50. The zero-order chi connectivity index (χ0) is 19.8. The molecule has 4 nitrogen and oxygen atoms in total. The minimum atomic E-state index is -1.89. The Morgan fingerprint density at radius 3 is 2.70 bits per heavy atom. The molecule has 0 aromatic heterocycles. The van der Waals surface area contributed by atoms with Crippen LogP contribution < -0.4 is 0 Å². The third kappa shape index (κ3) is 2.11. The van der Waals surface area contributed by atoms with Crippen LogP contribution >= 0.6 is 0 Å². The molecule has 146 valence electrons. The van der Waals surface area contributed by atoms with Crippen LogP contribution in [-0.2, 0) is 4.79 Å². The molecule has 4 aliphatic rings. The molecule has 0 aromatic carbocycles. The van der Waals surface area contributed by atoms with E-state index in [0.717, 1.165) is 0 Å². The summed E-state index contributed by atoms with van der Waals surface area (Å²) < 4.78 is 15.1. The fraction of sp³-hybridized carbons (Fsp3) is 0.591. The standard InChI is InChI=1S/C22H27FO4/c1-12-8-15-13-9-16(23)14-6-4-5-7-20(14,2)19(13)17(25)10-21(15,3)22(12,27)18(26)11-24/h4-7,13,15,17,19,24-25,27H,1,8-11H2,2-3H3/t13-,15-,17-,19+,20-,21-,22-/m0/s1. The van der Waals surface area contributed by atoms with Crippen molar-refractivity contribution in [3.8, 4) is 0 Å². The van der Waals surface area contributed by atoms with Gasteiger partial charge in [0.05, 0.1) is 6.10 Å².